The van der Waals surface area contributed by atoms with Gasteiger partial charge in [0.1, 0.15) is 0 Å². The second kappa shape index (κ2) is 7.93. The van der Waals surface area contributed by atoms with Crippen molar-refractivity contribution in [2.45, 2.75) is 51.2 Å². The highest BCUT2D eigenvalue weighted by atomic mass is 16.3. The van der Waals surface area contributed by atoms with E-state index in [1.807, 2.05) is 43.3 Å². The number of rotatable bonds is 3. The summed E-state index contributed by atoms with van der Waals surface area (Å²) >= 11 is 0. The third-order valence-corrected chi connectivity index (χ3v) is 6.65. The van der Waals surface area contributed by atoms with Crippen molar-refractivity contribution >= 4 is 22.5 Å². The molecule has 5 rings (SSSR count). The summed E-state index contributed by atoms with van der Waals surface area (Å²) in [6.45, 7) is 2.45. The van der Waals surface area contributed by atoms with Gasteiger partial charge in [0, 0.05) is 30.5 Å². The molecule has 6 nitrogen and oxygen atoms in total. The van der Waals surface area contributed by atoms with Crippen LogP contribution in [0.15, 0.2) is 42.7 Å². The highest BCUT2D eigenvalue weighted by molar-refractivity contribution is 6.10. The molecular weight excluding hydrogens is 388 g/mol. The normalized spacial score (nSPS) is 21.5. The highest BCUT2D eigenvalue weighted by Gasteiger charge is 2.38. The minimum absolute atomic E-state index is 0.00474. The van der Waals surface area contributed by atoms with Gasteiger partial charge in [0.2, 0.25) is 0 Å². The Balaban J connectivity index is 1.61. The van der Waals surface area contributed by atoms with Gasteiger partial charge in [0.25, 0.3) is 5.91 Å². The molecule has 2 atom stereocenters. The first-order chi connectivity index (χ1) is 15.0. The van der Waals surface area contributed by atoms with Gasteiger partial charge < -0.3 is 14.9 Å². The van der Waals surface area contributed by atoms with Crippen molar-refractivity contribution in [1.29, 1.82) is 0 Å². The molecule has 1 N–H and O–H groups in total. The summed E-state index contributed by atoms with van der Waals surface area (Å²) in [5.74, 6) is -0.00474. The number of anilines is 1. The second-order valence-corrected chi connectivity index (χ2v) is 8.85. The Kier molecular flexibility index (Phi) is 5.10. The van der Waals surface area contributed by atoms with E-state index < -0.39 is 6.10 Å². The lowest BCUT2D eigenvalue weighted by atomic mass is 9.89. The summed E-state index contributed by atoms with van der Waals surface area (Å²) in [6, 6.07) is 10.0. The molecule has 6 heteroatoms. The molecule has 0 saturated heterocycles. The largest absolute Gasteiger partial charge is 0.391 e. The molecule has 3 aromatic rings. The van der Waals surface area contributed by atoms with Crippen molar-refractivity contribution in [2.24, 2.45) is 0 Å². The maximum Gasteiger partial charge on any atom is 0.257 e. The Bertz CT molecular complexity index is 1130. The van der Waals surface area contributed by atoms with Crippen LogP contribution >= 0.6 is 0 Å². The van der Waals surface area contributed by atoms with E-state index in [9.17, 15) is 9.90 Å². The van der Waals surface area contributed by atoms with Gasteiger partial charge in [-0.05, 0) is 55.5 Å². The van der Waals surface area contributed by atoms with Crippen LogP contribution in [-0.2, 0) is 6.42 Å². The monoisotopic (exact) mass is 416 g/mol. The quantitative estimate of drug-likeness (QED) is 0.705. The molecule has 1 aromatic carbocycles. The minimum Gasteiger partial charge on any atom is -0.391 e. The van der Waals surface area contributed by atoms with Crippen LogP contribution in [-0.4, -0.2) is 51.7 Å². The lowest BCUT2D eigenvalue weighted by molar-refractivity contribution is 0.0167. The van der Waals surface area contributed by atoms with E-state index in [1.54, 1.807) is 6.20 Å². The zero-order valence-corrected chi connectivity index (χ0v) is 18.1. The first-order valence-corrected chi connectivity index (χ1v) is 11.1. The topological polar surface area (TPSA) is 69.6 Å². The van der Waals surface area contributed by atoms with Crippen molar-refractivity contribution in [1.82, 2.24) is 14.9 Å². The number of hydrogen-bond acceptors (Lipinski definition) is 5. The Morgan fingerprint density at radius 2 is 2.00 bits per heavy atom. The van der Waals surface area contributed by atoms with E-state index >= 15 is 0 Å². The van der Waals surface area contributed by atoms with Gasteiger partial charge in [-0.2, -0.15) is 0 Å². The summed E-state index contributed by atoms with van der Waals surface area (Å²) in [4.78, 5) is 26.7. The predicted molar refractivity (Wildman–Crippen MR) is 121 cm³/mol. The summed E-state index contributed by atoms with van der Waals surface area (Å²) in [5, 5.41) is 11.6. The number of fused-ring (bicyclic) bond motifs is 3. The maximum atomic E-state index is 13.6. The van der Waals surface area contributed by atoms with E-state index in [-0.39, 0.29) is 11.9 Å². The average Bonchev–Trinajstić information content (AvgIpc) is 2.78. The van der Waals surface area contributed by atoms with E-state index in [0.717, 1.165) is 59.1 Å². The number of pyridine rings is 2. The highest BCUT2D eigenvalue weighted by Crippen LogP contribution is 2.38. The fourth-order valence-electron chi connectivity index (χ4n) is 5.05. The van der Waals surface area contributed by atoms with Crippen molar-refractivity contribution in [2.75, 3.05) is 18.6 Å². The van der Waals surface area contributed by atoms with Gasteiger partial charge in [-0.25, -0.2) is 0 Å². The molecule has 1 fully saturated rings. The second-order valence-electron chi connectivity index (χ2n) is 8.85. The number of aliphatic hydroxyl groups is 1. The van der Waals surface area contributed by atoms with E-state index in [2.05, 4.69) is 27.0 Å². The molecule has 3 heterocycles. The zero-order chi connectivity index (χ0) is 21.5. The molecule has 160 valence electrons. The fourth-order valence-corrected chi connectivity index (χ4v) is 5.05. The van der Waals surface area contributed by atoms with Crippen LogP contribution in [0, 0.1) is 6.92 Å². The number of aromatic nitrogens is 2. The Hall–Kier alpha value is -2.99. The van der Waals surface area contributed by atoms with Crippen LogP contribution in [0.4, 0.5) is 5.69 Å². The maximum absolute atomic E-state index is 13.6. The summed E-state index contributed by atoms with van der Waals surface area (Å²) in [5.41, 5.74) is 5.57. The van der Waals surface area contributed by atoms with Gasteiger partial charge in [0.05, 0.1) is 35.6 Å². The van der Waals surface area contributed by atoms with E-state index in [4.69, 9.17) is 0 Å². The van der Waals surface area contributed by atoms with Gasteiger partial charge in [0.15, 0.2) is 0 Å². The number of aryl methyl sites for hydroxylation is 1. The molecule has 2 aliphatic rings. The number of hydrogen-bond donors (Lipinski definition) is 1. The van der Waals surface area contributed by atoms with Crippen LogP contribution < -0.4 is 4.90 Å². The number of nitrogens with zero attached hydrogens (tertiary/aromatic N) is 4. The molecular formula is C25H28N4O2. The van der Waals surface area contributed by atoms with Crippen LogP contribution in [0.3, 0.4) is 0 Å². The molecule has 0 bridgehead atoms. The average molecular weight is 417 g/mol. The third-order valence-electron chi connectivity index (χ3n) is 6.65. The fraction of sp³-hybridized carbons (Fsp3) is 0.400. The van der Waals surface area contributed by atoms with Gasteiger partial charge in [-0.15, -0.1) is 0 Å². The van der Waals surface area contributed by atoms with Crippen LogP contribution in [0.25, 0.3) is 10.9 Å². The van der Waals surface area contributed by atoms with Crippen molar-refractivity contribution < 1.29 is 9.90 Å². The Labute approximate surface area is 182 Å². The lowest BCUT2D eigenvalue weighted by Crippen LogP contribution is -2.55. The summed E-state index contributed by atoms with van der Waals surface area (Å²) in [6.07, 6.45) is 7.60. The molecule has 1 aliphatic carbocycles. The van der Waals surface area contributed by atoms with Crippen LogP contribution in [0.1, 0.15) is 52.9 Å². The lowest BCUT2D eigenvalue weighted by Gasteiger charge is -2.43. The molecule has 1 saturated carbocycles. The number of aliphatic hydroxyl groups excluding tert-OH is 1. The van der Waals surface area contributed by atoms with Crippen LogP contribution in [0.2, 0.25) is 0 Å². The molecule has 0 unspecified atom stereocenters. The predicted octanol–water partition coefficient (Wildman–Crippen LogP) is 3.68. The molecule has 2 aromatic heterocycles. The number of amides is 1. The van der Waals surface area contributed by atoms with Gasteiger partial charge >= 0.3 is 0 Å². The van der Waals surface area contributed by atoms with Gasteiger partial charge in [-0.1, -0.05) is 25.0 Å². The Morgan fingerprint density at radius 1 is 1.16 bits per heavy atom. The van der Waals surface area contributed by atoms with Crippen molar-refractivity contribution in [3.05, 3.63) is 65.1 Å². The molecule has 31 heavy (non-hydrogen) atoms. The molecule has 0 spiro atoms. The van der Waals surface area contributed by atoms with E-state index in [0.29, 0.717) is 18.7 Å². The molecule has 1 amide bonds. The number of carbonyl (C=O) groups is 1. The minimum atomic E-state index is -0.454. The Morgan fingerprint density at radius 3 is 2.77 bits per heavy atom. The first kappa shape index (κ1) is 19.9. The van der Waals surface area contributed by atoms with Crippen LogP contribution in [0.5, 0.6) is 0 Å². The molecule has 1 aliphatic heterocycles. The SMILES string of the molecule is Cc1ccc(Cc2cc3c(c4ncccc24)N(C)CN([C@H]2CCCC[C@@H]2O)C3=O)cn1. The number of carbonyl (C=O) groups excluding carboxylic acids is 1. The third kappa shape index (κ3) is 3.55. The van der Waals surface area contributed by atoms with Gasteiger partial charge in [-0.3, -0.25) is 14.8 Å². The number of benzene rings is 1. The smallest absolute Gasteiger partial charge is 0.257 e. The summed E-state index contributed by atoms with van der Waals surface area (Å²) in [7, 11) is 2.01. The zero-order valence-electron chi connectivity index (χ0n) is 18.1. The van der Waals surface area contributed by atoms with Crippen molar-refractivity contribution in [3.63, 3.8) is 0 Å². The van der Waals surface area contributed by atoms with E-state index in [1.165, 1.54) is 0 Å². The first-order valence-electron chi connectivity index (χ1n) is 11.1. The van der Waals surface area contributed by atoms with Crippen molar-refractivity contribution in [3.8, 4) is 0 Å². The summed E-state index contributed by atoms with van der Waals surface area (Å²) < 4.78 is 0. The standard InChI is InChI=1S/C25H28N4O2/c1-16-9-10-17(14-27-16)12-18-13-20-24(23-19(18)6-5-11-26-23)28(2)15-29(25(20)31)21-7-3-4-8-22(21)30/h5-6,9-11,13-14,21-22,30H,3-4,7-8,12,15H2,1-2H3/t21-,22-/m0/s1. The molecule has 0 radical (unpaired) electrons.